The van der Waals surface area contributed by atoms with E-state index in [9.17, 15) is 23.1 Å². The second-order valence-corrected chi connectivity index (χ2v) is 6.91. The lowest BCUT2D eigenvalue weighted by Crippen LogP contribution is -2.28. The summed E-state index contributed by atoms with van der Waals surface area (Å²) in [5.74, 6) is -2.39. The van der Waals surface area contributed by atoms with Crippen LogP contribution in [0.3, 0.4) is 0 Å². The van der Waals surface area contributed by atoms with Gasteiger partial charge in [0, 0.05) is 18.9 Å². The quantitative estimate of drug-likeness (QED) is 0.840. The van der Waals surface area contributed by atoms with Crippen molar-refractivity contribution in [1.82, 2.24) is 0 Å². The Bertz CT molecular complexity index is 704. The van der Waals surface area contributed by atoms with Crippen LogP contribution in [-0.4, -0.2) is 37.7 Å². The smallest absolute Gasteiger partial charge is 0.339 e. The molecule has 1 atom stereocenters. The molecular formula is C12H13ClN2O5S. The van der Waals surface area contributed by atoms with Crippen LogP contribution in [0, 0.1) is 5.92 Å². The normalized spacial score (nSPS) is 19.0. The number of halogens is 1. The van der Waals surface area contributed by atoms with Gasteiger partial charge < -0.3 is 10.0 Å². The molecule has 1 aromatic carbocycles. The third kappa shape index (κ3) is 3.52. The fraction of sp³-hybridized carbons (Fsp3) is 0.333. The van der Waals surface area contributed by atoms with Gasteiger partial charge in [-0.2, -0.15) is 0 Å². The summed E-state index contributed by atoms with van der Waals surface area (Å²) in [6.45, 7) is 0.0931. The highest BCUT2D eigenvalue weighted by Crippen LogP contribution is 2.32. The molecule has 9 heteroatoms. The molecule has 0 saturated carbocycles. The van der Waals surface area contributed by atoms with Crippen molar-refractivity contribution >= 4 is 39.2 Å². The van der Waals surface area contributed by atoms with Crippen molar-refractivity contribution in [3.05, 3.63) is 28.8 Å². The lowest BCUT2D eigenvalue weighted by Gasteiger charge is -2.19. The summed E-state index contributed by atoms with van der Waals surface area (Å²) in [4.78, 5) is 24.5. The van der Waals surface area contributed by atoms with E-state index in [0.717, 1.165) is 0 Å². The Morgan fingerprint density at radius 1 is 1.48 bits per heavy atom. The summed E-state index contributed by atoms with van der Waals surface area (Å²) < 4.78 is 22.2. The van der Waals surface area contributed by atoms with Crippen LogP contribution >= 0.6 is 11.6 Å². The van der Waals surface area contributed by atoms with Crippen molar-refractivity contribution in [3.8, 4) is 0 Å². The van der Waals surface area contributed by atoms with Gasteiger partial charge in [-0.3, -0.25) is 4.79 Å². The first-order valence-electron chi connectivity index (χ1n) is 6.01. The summed E-state index contributed by atoms with van der Waals surface area (Å²) in [6, 6.07) is 4.41. The molecule has 3 N–H and O–H groups in total. The molecule has 1 aliphatic rings. The number of carbonyl (C=O) groups excluding carboxylic acids is 1. The molecule has 1 fully saturated rings. The topological polar surface area (TPSA) is 118 Å². The number of carboxylic acid groups (broad SMARTS) is 1. The van der Waals surface area contributed by atoms with E-state index in [0.29, 0.717) is 0 Å². The van der Waals surface area contributed by atoms with E-state index < -0.39 is 21.9 Å². The molecule has 0 aliphatic carbocycles. The van der Waals surface area contributed by atoms with Crippen LogP contribution in [0.15, 0.2) is 18.2 Å². The zero-order valence-corrected chi connectivity index (χ0v) is 12.4. The fourth-order valence-corrected chi connectivity index (χ4v) is 3.53. The molecule has 1 unspecified atom stereocenters. The van der Waals surface area contributed by atoms with Crippen LogP contribution in [0.25, 0.3) is 0 Å². The number of hydrogen-bond donors (Lipinski definition) is 2. The number of nitrogens with zero attached hydrogens (tertiary/aromatic N) is 1. The zero-order chi connectivity index (χ0) is 15.8. The molecule has 1 aromatic rings. The molecule has 2 rings (SSSR count). The number of nitrogens with two attached hydrogens (primary N) is 1. The minimum atomic E-state index is -3.69. The Balaban J connectivity index is 2.34. The molecule has 7 nitrogen and oxygen atoms in total. The maximum Gasteiger partial charge on any atom is 0.339 e. The van der Waals surface area contributed by atoms with Crippen molar-refractivity contribution in [2.75, 3.05) is 17.2 Å². The Morgan fingerprint density at radius 3 is 2.71 bits per heavy atom. The van der Waals surface area contributed by atoms with Gasteiger partial charge in [0.05, 0.1) is 16.5 Å². The average molecular weight is 333 g/mol. The highest BCUT2D eigenvalue weighted by atomic mass is 35.5. The SMILES string of the molecule is NS(=O)(=O)CC1CC(=O)N(c2cccc(Cl)c2C(=O)O)C1. The van der Waals surface area contributed by atoms with E-state index in [-0.39, 0.29) is 40.9 Å². The lowest BCUT2D eigenvalue weighted by molar-refractivity contribution is -0.117. The number of benzene rings is 1. The van der Waals surface area contributed by atoms with Gasteiger partial charge in [-0.1, -0.05) is 17.7 Å². The summed E-state index contributed by atoms with van der Waals surface area (Å²) in [5, 5.41) is 14.2. The van der Waals surface area contributed by atoms with E-state index in [2.05, 4.69) is 0 Å². The number of carboxylic acids is 1. The van der Waals surface area contributed by atoms with Crippen LogP contribution < -0.4 is 10.0 Å². The van der Waals surface area contributed by atoms with Crippen molar-refractivity contribution in [1.29, 1.82) is 0 Å². The third-order valence-electron chi connectivity index (χ3n) is 3.17. The highest BCUT2D eigenvalue weighted by Gasteiger charge is 2.35. The number of primary sulfonamides is 1. The van der Waals surface area contributed by atoms with E-state index in [1.54, 1.807) is 0 Å². The number of hydrogen-bond acceptors (Lipinski definition) is 4. The molecule has 0 aromatic heterocycles. The predicted molar refractivity (Wildman–Crippen MR) is 76.8 cm³/mol. The van der Waals surface area contributed by atoms with Gasteiger partial charge in [0.25, 0.3) is 0 Å². The summed E-state index contributed by atoms with van der Waals surface area (Å²) in [7, 11) is -3.69. The first-order chi connectivity index (χ1) is 9.69. The van der Waals surface area contributed by atoms with Gasteiger partial charge in [-0.25, -0.2) is 18.4 Å². The van der Waals surface area contributed by atoms with Crippen LogP contribution in [0.2, 0.25) is 5.02 Å². The van der Waals surface area contributed by atoms with Gasteiger partial charge in [0.1, 0.15) is 5.56 Å². The first-order valence-corrected chi connectivity index (χ1v) is 8.11. The highest BCUT2D eigenvalue weighted by molar-refractivity contribution is 7.89. The van der Waals surface area contributed by atoms with Crippen LogP contribution in [0.4, 0.5) is 5.69 Å². The zero-order valence-electron chi connectivity index (χ0n) is 10.8. The number of anilines is 1. The number of amides is 1. The van der Waals surface area contributed by atoms with Crippen LogP contribution in [0.1, 0.15) is 16.8 Å². The van der Waals surface area contributed by atoms with Crippen molar-refractivity contribution < 1.29 is 23.1 Å². The minimum Gasteiger partial charge on any atom is -0.478 e. The maximum absolute atomic E-state index is 12.0. The molecule has 0 radical (unpaired) electrons. The second kappa shape index (κ2) is 5.63. The Kier molecular flexibility index (Phi) is 4.22. The average Bonchev–Trinajstić information content (AvgIpc) is 2.66. The molecule has 1 heterocycles. The number of aromatic carboxylic acids is 1. The van der Waals surface area contributed by atoms with Crippen molar-refractivity contribution in [2.45, 2.75) is 6.42 Å². The standard InChI is InChI=1S/C12H13ClN2O5S/c13-8-2-1-3-9(11(8)12(17)18)15-5-7(4-10(15)16)6-21(14,19)20/h1-3,7H,4-6H2,(H,17,18)(H2,14,19,20). The van der Waals surface area contributed by atoms with Gasteiger partial charge in [-0.15, -0.1) is 0 Å². The monoisotopic (exact) mass is 332 g/mol. The minimum absolute atomic E-state index is 0.00199. The number of rotatable bonds is 4. The lowest BCUT2D eigenvalue weighted by atomic mass is 10.1. The first kappa shape index (κ1) is 15.7. The molecular weight excluding hydrogens is 320 g/mol. The number of sulfonamides is 1. The Morgan fingerprint density at radius 2 is 2.14 bits per heavy atom. The van der Waals surface area contributed by atoms with E-state index >= 15 is 0 Å². The maximum atomic E-state index is 12.0. The van der Waals surface area contributed by atoms with E-state index in [1.807, 2.05) is 0 Å². The van der Waals surface area contributed by atoms with E-state index in [4.69, 9.17) is 16.7 Å². The molecule has 114 valence electrons. The molecule has 0 spiro atoms. The van der Waals surface area contributed by atoms with Crippen molar-refractivity contribution in [3.63, 3.8) is 0 Å². The van der Waals surface area contributed by atoms with Crippen LogP contribution in [-0.2, 0) is 14.8 Å². The Hall–Kier alpha value is -1.64. The van der Waals surface area contributed by atoms with Gasteiger partial charge >= 0.3 is 5.97 Å². The summed E-state index contributed by atoms with van der Waals surface area (Å²) >= 11 is 5.86. The third-order valence-corrected chi connectivity index (χ3v) is 4.42. The molecule has 1 amide bonds. The Labute approximate surface area is 126 Å². The molecule has 21 heavy (non-hydrogen) atoms. The fourth-order valence-electron chi connectivity index (χ4n) is 2.40. The molecule has 1 aliphatic heterocycles. The predicted octanol–water partition coefficient (Wildman–Crippen LogP) is 0.680. The summed E-state index contributed by atoms with van der Waals surface area (Å²) in [6.07, 6.45) is 0.00199. The molecule has 1 saturated heterocycles. The second-order valence-electron chi connectivity index (χ2n) is 4.84. The van der Waals surface area contributed by atoms with Crippen LogP contribution in [0.5, 0.6) is 0 Å². The van der Waals surface area contributed by atoms with E-state index in [1.165, 1.54) is 23.1 Å². The molecule has 0 bridgehead atoms. The number of carbonyl (C=O) groups is 2. The van der Waals surface area contributed by atoms with Gasteiger partial charge in [-0.05, 0) is 12.1 Å². The summed E-state index contributed by atoms with van der Waals surface area (Å²) in [5.41, 5.74) is -0.0132. The van der Waals surface area contributed by atoms with Gasteiger partial charge in [0.15, 0.2) is 0 Å². The van der Waals surface area contributed by atoms with Crippen molar-refractivity contribution in [2.24, 2.45) is 11.1 Å². The largest absolute Gasteiger partial charge is 0.478 e. The van der Waals surface area contributed by atoms with Gasteiger partial charge in [0.2, 0.25) is 15.9 Å².